The first-order chi connectivity index (χ1) is 7.36. The van der Waals surface area contributed by atoms with Crippen molar-refractivity contribution in [3.8, 4) is 0 Å². The van der Waals surface area contributed by atoms with Crippen LogP contribution in [-0.2, 0) is 4.79 Å². The molecule has 0 fully saturated rings. The zero-order valence-electron chi connectivity index (χ0n) is 9.47. The molecule has 1 aromatic heterocycles. The highest BCUT2D eigenvalue weighted by atomic mass is 79.9. The van der Waals surface area contributed by atoms with Crippen molar-refractivity contribution >= 4 is 39.1 Å². The number of hydrogen-bond acceptors (Lipinski definition) is 2. The third kappa shape index (κ3) is 3.19. The third-order valence-corrected chi connectivity index (χ3v) is 3.69. The van der Waals surface area contributed by atoms with Gasteiger partial charge in [-0.15, -0.1) is 0 Å². The van der Waals surface area contributed by atoms with E-state index in [-0.39, 0.29) is 11.3 Å². The summed E-state index contributed by atoms with van der Waals surface area (Å²) in [6, 6.07) is 1.74. The van der Waals surface area contributed by atoms with Gasteiger partial charge in [-0.1, -0.05) is 32.4 Å². The zero-order chi connectivity index (χ0) is 12.3. The molecule has 1 aromatic rings. The fraction of sp³-hybridized carbons (Fsp3) is 0.455. The number of amides is 1. The van der Waals surface area contributed by atoms with E-state index in [1.165, 1.54) is 6.20 Å². The third-order valence-electron chi connectivity index (χ3n) is 2.55. The summed E-state index contributed by atoms with van der Waals surface area (Å²) < 4.78 is 0.668. The molecule has 0 aliphatic heterocycles. The van der Waals surface area contributed by atoms with Crippen LogP contribution >= 0.6 is 27.5 Å². The SMILES string of the molecule is CCC(C)(C)C(=O)Nc1cnc(Cl)c(Br)c1. The summed E-state index contributed by atoms with van der Waals surface area (Å²) in [5.74, 6) is -0.0222. The first kappa shape index (κ1) is 13.5. The van der Waals surface area contributed by atoms with Crippen LogP contribution in [0.3, 0.4) is 0 Å². The van der Waals surface area contributed by atoms with E-state index in [9.17, 15) is 4.79 Å². The minimum atomic E-state index is -0.383. The maximum Gasteiger partial charge on any atom is 0.230 e. The predicted octanol–water partition coefficient (Wildman–Crippen LogP) is 3.87. The Kier molecular flexibility index (Phi) is 4.33. The Labute approximate surface area is 109 Å². The molecule has 0 aliphatic rings. The number of aromatic nitrogens is 1. The summed E-state index contributed by atoms with van der Waals surface area (Å²) in [5.41, 5.74) is 0.259. The van der Waals surface area contributed by atoms with Crippen LogP contribution in [0.15, 0.2) is 16.7 Å². The summed E-state index contributed by atoms with van der Waals surface area (Å²) in [6.07, 6.45) is 2.32. The molecule has 88 valence electrons. The second kappa shape index (κ2) is 5.15. The van der Waals surface area contributed by atoms with Crippen molar-refractivity contribution in [3.63, 3.8) is 0 Å². The predicted molar refractivity (Wildman–Crippen MR) is 69.6 cm³/mol. The van der Waals surface area contributed by atoms with E-state index < -0.39 is 0 Å². The Bertz CT molecular complexity index is 407. The van der Waals surface area contributed by atoms with Gasteiger partial charge in [0.25, 0.3) is 0 Å². The van der Waals surface area contributed by atoms with Crippen molar-refractivity contribution in [2.45, 2.75) is 27.2 Å². The van der Waals surface area contributed by atoms with Crippen molar-refractivity contribution < 1.29 is 4.79 Å². The molecule has 16 heavy (non-hydrogen) atoms. The van der Waals surface area contributed by atoms with Crippen LogP contribution in [0.2, 0.25) is 5.15 Å². The molecule has 1 amide bonds. The number of carbonyl (C=O) groups excluding carboxylic acids is 1. The molecule has 5 heteroatoms. The molecule has 0 saturated carbocycles. The van der Waals surface area contributed by atoms with Gasteiger partial charge < -0.3 is 5.32 Å². The summed E-state index contributed by atoms with van der Waals surface area (Å²) in [6.45, 7) is 5.79. The van der Waals surface area contributed by atoms with E-state index in [1.54, 1.807) is 6.07 Å². The second-order valence-corrected chi connectivity index (χ2v) is 5.40. The maximum absolute atomic E-state index is 11.9. The van der Waals surface area contributed by atoms with Crippen molar-refractivity contribution in [1.29, 1.82) is 0 Å². The molecule has 1 rings (SSSR count). The van der Waals surface area contributed by atoms with Crippen LogP contribution < -0.4 is 5.32 Å². The normalized spacial score (nSPS) is 11.3. The van der Waals surface area contributed by atoms with E-state index in [1.807, 2.05) is 20.8 Å². The van der Waals surface area contributed by atoms with Crippen LogP contribution in [0.5, 0.6) is 0 Å². The number of anilines is 1. The lowest BCUT2D eigenvalue weighted by Gasteiger charge is -2.21. The monoisotopic (exact) mass is 304 g/mol. The molecule has 1 heterocycles. The van der Waals surface area contributed by atoms with Crippen LogP contribution in [-0.4, -0.2) is 10.9 Å². The number of pyridine rings is 1. The molecule has 0 unspecified atom stereocenters. The first-order valence-electron chi connectivity index (χ1n) is 4.99. The quantitative estimate of drug-likeness (QED) is 0.861. The number of nitrogens with zero attached hydrogens (tertiary/aromatic N) is 1. The van der Waals surface area contributed by atoms with Gasteiger partial charge >= 0.3 is 0 Å². The second-order valence-electron chi connectivity index (χ2n) is 4.19. The summed E-state index contributed by atoms with van der Waals surface area (Å²) >= 11 is 9.02. The summed E-state index contributed by atoms with van der Waals surface area (Å²) in [4.78, 5) is 15.8. The van der Waals surface area contributed by atoms with Crippen LogP contribution in [0, 0.1) is 5.41 Å². The zero-order valence-corrected chi connectivity index (χ0v) is 11.8. The smallest absolute Gasteiger partial charge is 0.230 e. The van der Waals surface area contributed by atoms with E-state index >= 15 is 0 Å². The highest BCUT2D eigenvalue weighted by molar-refractivity contribution is 9.10. The minimum Gasteiger partial charge on any atom is -0.324 e. The van der Waals surface area contributed by atoms with Crippen LogP contribution in [0.1, 0.15) is 27.2 Å². The lowest BCUT2D eigenvalue weighted by atomic mass is 9.89. The van der Waals surface area contributed by atoms with Gasteiger partial charge in [-0.05, 0) is 28.4 Å². The maximum atomic E-state index is 11.9. The summed E-state index contributed by atoms with van der Waals surface area (Å²) in [7, 11) is 0. The molecule has 1 N–H and O–H groups in total. The molecule has 0 radical (unpaired) electrons. The van der Waals surface area contributed by atoms with Crippen LogP contribution in [0.4, 0.5) is 5.69 Å². The first-order valence-corrected chi connectivity index (χ1v) is 6.16. The lowest BCUT2D eigenvalue weighted by molar-refractivity contribution is -0.124. The van der Waals surface area contributed by atoms with Gasteiger partial charge in [-0.3, -0.25) is 4.79 Å². The van der Waals surface area contributed by atoms with Crippen LogP contribution in [0.25, 0.3) is 0 Å². The van der Waals surface area contributed by atoms with Crippen molar-refractivity contribution in [2.75, 3.05) is 5.32 Å². The topological polar surface area (TPSA) is 42.0 Å². The molecule has 0 spiro atoms. The average Bonchev–Trinajstić information content (AvgIpc) is 2.23. The van der Waals surface area contributed by atoms with Gasteiger partial charge in [-0.25, -0.2) is 4.98 Å². The van der Waals surface area contributed by atoms with E-state index in [0.717, 1.165) is 6.42 Å². The fourth-order valence-electron chi connectivity index (χ4n) is 0.950. The number of halogens is 2. The Balaban J connectivity index is 2.82. The van der Waals surface area contributed by atoms with Crippen molar-refractivity contribution in [3.05, 3.63) is 21.9 Å². The summed E-state index contributed by atoms with van der Waals surface area (Å²) in [5, 5.41) is 3.19. The number of carbonyl (C=O) groups is 1. The van der Waals surface area contributed by atoms with Crippen molar-refractivity contribution in [1.82, 2.24) is 4.98 Å². The van der Waals surface area contributed by atoms with E-state index in [4.69, 9.17) is 11.6 Å². The van der Waals surface area contributed by atoms with Gasteiger partial charge in [0.05, 0.1) is 16.4 Å². The number of nitrogens with one attached hydrogen (secondary N) is 1. The highest BCUT2D eigenvalue weighted by Crippen LogP contribution is 2.25. The lowest BCUT2D eigenvalue weighted by Crippen LogP contribution is -2.30. The Hall–Kier alpha value is -0.610. The number of hydrogen-bond donors (Lipinski definition) is 1. The standard InChI is InChI=1S/C11H14BrClN2O/c1-4-11(2,3)10(16)15-7-5-8(12)9(13)14-6-7/h5-6H,4H2,1-3H3,(H,15,16). The molecule has 0 aliphatic carbocycles. The molecule has 0 bridgehead atoms. The molecular formula is C11H14BrClN2O. The van der Waals surface area contributed by atoms with Gasteiger partial charge in [-0.2, -0.15) is 0 Å². The molecule has 0 saturated heterocycles. The van der Waals surface area contributed by atoms with Crippen molar-refractivity contribution in [2.24, 2.45) is 5.41 Å². The largest absolute Gasteiger partial charge is 0.324 e. The number of rotatable bonds is 3. The van der Waals surface area contributed by atoms with Gasteiger partial charge in [0.15, 0.2) is 0 Å². The van der Waals surface area contributed by atoms with Gasteiger partial charge in [0.1, 0.15) is 5.15 Å². The van der Waals surface area contributed by atoms with E-state index in [0.29, 0.717) is 15.3 Å². The molecular weight excluding hydrogens is 291 g/mol. The van der Waals surface area contributed by atoms with Gasteiger partial charge in [0, 0.05) is 5.41 Å². The Morgan fingerprint density at radius 2 is 2.25 bits per heavy atom. The Morgan fingerprint density at radius 1 is 1.62 bits per heavy atom. The van der Waals surface area contributed by atoms with E-state index in [2.05, 4.69) is 26.2 Å². The molecule has 0 atom stereocenters. The highest BCUT2D eigenvalue weighted by Gasteiger charge is 2.25. The minimum absolute atomic E-state index is 0.0222. The average molecular weight is 306 g/mol. The molecule has 3 nitrogen and oxygen atoms in total. The van der Waals surface area contributed by atoms with Gasteiger partial charge in [0.2, 0.25) is 5.91 Å². The fourth-order valence-corrected chi connectivity index (χ4v) is 1.40. The molecule has 0 aromatic carbocycles. The Morgan fingerprint density at radius 3 is 2.75 bits per heavy atom.